The third-order valence-corrected chi connectivity index (χ3v) is 1.62. The van der Waals surface area contributed by atoms with E-state index in [0.29, 0.717) is 6.41 Å². The van der Waals surface area contributed by atoms with Crippen molar-refractivity contribution in [3.05, 3.63) is 0 Å². The van der Waals surface area contributed by atoms with Crippen LogP contribution in [0.15, 0.2) is 0 Å². The molecule has 0 aliphatic rings. The van der Waals surface area contributed by atoms with Crippen LogP contribution >= 0.6 is 0 Å². The zero-order valence-electron chi connectivity index (χ0n) is 8.88. The first-order chi connectivity index (χ1) is 6.29. The van der Waals surface area contributed by atoms with Gasteiger partial charge in [0, 0.05) is 5.41 Å². The van der Waals surface area contributed by atoms with Crippen molar-refractivity contribution in [2.75, 3.05) is 0 Å². The molecule has 0 heterocycles. The van der Waals surface area contributed by atoms with Crippen LogP contribution in [0.3, 0.4) is 0 Å². The van der Waals surface area contributed by atoms with Crippen molar-refractivity contribution in [3.63, 3.8) is 0 Å². The molecule has 0 spiro atoms. The normalized spacial score (nSPS) is 12.9. The highest BCUT2D eigenvalue weighted by molar-refractivity contribution is 5.93. The standard InChI is InChI=1S/C9H16N2O3/c1-6(7(13)10-5-12)11-8(14)9(2,3)4/h5-6H,1-4H3,(H,11,14)(H,10,12,13)/t6-/m1/s1. The topological polar surface area (TPSA) is 75.3 Å². The average molecular weight is 200 g/mol. The van der Waals surface area contributed by atoms with Gasteiger partial charge in [-0.15, -0.1) is 0 Å². The molecule has 1 atom stereocenters. The molecule has 0 rings (SSSR count). The van der Waals surface area contributed by atoms with Crippen LogP contribution in [0, 0.1) is 5.41 Å². The number of rotatable bonds is 3. The summed E-state index contributed by atoms with van der Waals surface area (Å²) in [4.78, 5) is 32.4. The second-order valence-electron chi connectivity index (χ2n) is 4.07. The van der Waals surface area contributed by atoms with Crippen LogP contribution in [-0.2, 0) is 14.4 Å². The summed E-state index contributed by atoms with van der Waals surface area (Å²) in [6.45, 7) is 6.74. The number of carbonyl (C=O) groups excluding carboxylic acids is 3. The first-order valence-corrected chi connectivity index (χ1v) is 4.34. The quantitative estimate of drug-likeness (QED) is 0.620. The lowest BCUT2D eigenvalue weighted by Gasteiger charge is -2.20. The van der Waals surface area contributed by atoms with Gasteiger partial charge in [0.2, 0.25) is 18.2 Å². The highest BCUT2D eigenvalue weighted by Crippen LogP contribution is 2.12. The molecule has 0 aromatic heterocycles. The molecular formula is C9H16N2O3. The molecule has 5 heteroatoms. The molecule has 0 bridgehead atoms. The Bertz CT molecular complexity index is 243. The fourth-order valence-corrected chi connectivity index (χ4v) is 0.662. The SMILES string of the molecule is C[C@@H](NC(=O)C(C)(C)C)C(=O)NC=O. The number of nitrogens with one attached hydrogen (secondary N) is 2. The molecular weight excluding hydrogens is 184 g/mol. The average Bonchev–Trinajstić information content (AvgIpc) is 2.02. The van der Waals surface area contributed by atoms with Crippen LogP contribution in [-0.4, -0.2) is 24.3 Å². The molecule has 0 fully saturated rings. The summed E-state index contributed by atoms with van der Waals surface area (Å²) >= 11 is 0. The van der Waals surface area contributed by atoms with E-state index >= 15 is 0 Å². The Morgan fingerprint density at radius 1 is 1.29 bits per heavy atom. The monoisotopic (exact) mass is 200 g/mol. The molecule has 0 saturated heterocycles. The highest BCUT2D eigenvalue weighted by atomic mass is 16.2. The molecule has 14 heavy (non-hydrogen) atoms. The van der Waals surface area contributed by atoms with Crippen molar-refractivity contribution in [2.45, 2.75) is 33.7 Å². The maximum absolute atomic E-state index is 11.4. The van der Waals surface area contributed by atoms with Gasteiger partial charge in [-0.2, -0.15) is 0 Å². The first-order valence-electron chi connectivity index (χ1n) is 4.34. The van der Waals surface area contributed by atoms with Crippen molar-refractivity contribution in [1.29, 1.82) is 0 Å². The highest BCUT2D eigenvalue weighted by Gasteiger charge is 2.24. The Hall–Kier alpha value is -1.39. The number of carbonyl (C=O) groups is 3. The third-order valence-electron chi connectivity index (χ3n) is 1.62. The first kappa shape index (κ1) is 12.6. The number of imide groups is 1. The van der Waals surface area contributed by atoms with Gasteiger partial charge in [0.25, 0.3) is 0 Å². The lowest BCUT2D eigenvalue weighted by Crippen LogP contribution is -2.47. The molecule has 3 amide bonds. The maximum atomic E-state index is 11.4. The molecule has 80 valence electrons. The fraction of sp³-hybridized carbons (Fsp3) is 0.667. The summed E-state index contributed by atoms with van der Waals surface area (Å²) in [6, 6.07) is -0.702. The van der Waals surface area contributed by atoms with Crippen LogP contribution in [0.4, 0.5) is 0 Å². The Labute approximate surface area is 83.2 Å². The Morgan fingerprint density at radius 3 is 2.14 bits per heavy atom. The van der Waals surface area contributed by atoms with E-state index in [1.165, 1.54) is 6.92 Å². The third kappa shape index (κ3) is 4.02. The predicted molar refractivity (Wildman–Crippen MR) is 51.3 cm³/mol. The molecule has 0 aromatic rings. The molecule has 2 N–H and O–H groups in total. The second-order valence-corrected chi connectivity index (χ2v) is 4.07. The Kier molecular flexibility index (Phi) is 4.27. The fourth-order valence-electron chi connectivity index (χ4n) is 0.662. The van der Waals surface area contributed by atoms with Gasteiger partial charge >= 0.3 is 0 Å². The van der Waals surface area contributed by atoms with E-state index in [1.807, 2.05) is 5.32 Å². The van der Waals surface area contributed by atoms with E-state index in [2.05, 4.69) is 5.32 Å². The molecule has 0 unspecified atom stereocenters. The molecule has 0 saturated carbocycles. The summed E-state index contributed by atoms with van der Waals surface area (Å²) in [5, 5.41) is 4.46. The van der Waals surface area contributed by atoms with Crippen LogP contribution in [0.5, 0.6) is 0 Å². The summed E-state index contributed by atoms with van der Waals surface area (Å²) in [6.07, 6.45) is 0.294. The van der Waals surface area contributed by atoms with E-state index in [9.17, 15) is 14.4 Å². The van der Waals surface area contributed by atoms with Gasteiger partial charge in [-0.1, -0.05) is 20.8 Å². The van der Waals surface area contributed by atoms with Crippen LogP contribution in [0.2, 0.25) is 0 Å². The maximum Gasteiger partial charge on any atom is 0.248 e. The zero-order chi connectivity index (χ0) is 11.4. The lowest BCUT2D eigenvalue weighted by atomic mass is 9.95. The van der Waals surface area contributed by atoms with E-state index in [0.717, 1.165) is 0 Å². The molecule has 0 aliphatic carbocycles. The minimum absolute atomic E-state index is 0.231. The minimum atomic E-state index is -0.702. The Balaban J connectivity index is 4.19. The molecule has 5 nitrogen and oxygen atoms in total. The molecule has 0 aromatic carbocycles. The van der Waals surface area contributed by atoms with Crippen molar-refractivity contribution < 1.29 is 14.4 Å². The predicted octanol–water partition coefficient (Wildman–Crippen LogP) is -0.190. The van der Waals surface area contributed by atoms with E-state index in [-0.39, 0.29) is 5.91 Å². The smallest absolute Gasteiger partial charge is 0.248 e. The van der Waals surface area contributed by atoms with Crippen molar-refractivity contribution >= 4 is 18.2 Å². The van der Waals surface area contributed by atoms with Crippen molar-refractivity contribution in [1.82, 2.24) is 10.6 Å². The van der Waals surface area contributed by atoms with Gasteiger partial charge in [-0.05, 0) is 6.92 Å². The van der Waals surface area contributed by atoms with Crippen LogP contribution < -0.4 is 10.6 Å². The minimum Gasteiger partial charge on any atom is -0.344 e. The summed E-state index contributed by atoms with van der Waals surface area (Å²) < 4.78 is 0. The van der Waals surface area contributed by atoms with E-state index < -0.39 is 17.4 Å². The molecule has 0 radical (unpaired) electrons. The van der Waals surface area contributed by atoms with Gasteiger partial charge in [0.05, 0.1) is 0 Å². The zero-order valence-corrected chi connectivity index (χ0v) is 8.88. The van der Waals surface area contributed by atoms with E-state index in [4.69, 9.17) is 0 Å². The lowest BCUT2D eigenvalue weighted by molar-refractivity contribution is -0.134. The van der Waals surface area contributed by atoms with E-state index in [1.54, 1.807) is 20.8 Å². The van der Waals surface area contributed by atoms with Gasteiger partial charge < -0.3 is 5.32 Å². The summed E-state index contributed by atoms with van der Waals surface area (Å²) in [7, 11) is 0. The summed E-state index contributed by atoms with van der Waals surface area (Å²) in [5.41, 5.74) is -0.546. The molecule has 0 aliphatic heterocycles. The summed E-state index contributed by atoms with van der Waals surface area (Å²) in [5.74, 6) is -0.747. The van der Waals surface area contributed by atoms with Crippen LogP contribution in [0.25, 0.3) is 0 Å². The van der Waals surface area contributed by atoms with Gasteiger partial charge in [0.1, 0.15) is 6.04 Å². The van der Waals surface area contributed by atoms with Crippen molar-refractivity contribution in [3.8, 4) is 0 Å². The van der Waals surface area contributed by atoms with Crippen molar-refractivity contribution in [2.24, 2.45) is 5.41 Å². The van der Waals surface area contributed by atoms with Crippen LogP contribution in [0.1, 0.15) is 27.7 Å². The van der Waals surface area contributed by atoms with Gasteiger partial charge in [0.15, 0.2) is 0 Å². The number of hydrogen-bond acceptors (Lipinski definition) is 3. The largest absolute Gasteiger partial charge is 0.344 e. The number of amides is 3. The van der Waals surface area contributed by atoms with Gasteiger partial charge in [-0.25, -0.2) is 0 Å². The second kappa shape index (κ2) is 4.74. The number of hydrogen-bond donors (Lipinski definition) is 2. The van der Waals surface area contributed by atoms with Gasteiger partial charge in [-0.3, -0.25) is 19.7 Å². The Morgan fingerprint density at radius 2 is 1.79 bits per heavy atom.